The minimum absolute atomic E-state index is 0.299. The lowest BCUT2D eigenvalue weighted by Gasteiger charge is -2.12. The van der Waals surface area contributed by atoms with Crippen LogP contribution in [0.25, 0.3) is 0 Å². The highest BCUT2D eigenvalue weighted by molar-refractivity contribution is 9.10. The fraction of sp³-hybridized carbons (Fsp3) is 0.250. The molecule has 0 amide bonds. The van der Waals surface area contributed by atoms with E-state index in [1.807, 2.05) is 36.4 Å². The van der Waals surface area contributed by atoms with Crippen LogP contribution in [-0.2, 0) is 0 Å². The predicted octanol–water partition coefficient (Wildman–Crippen LogP) is 4.94. The first-order chi connectivity index (χ1) is 9.15. The summed E-state index contributed by atoms with van der Waals surface area (Å²) >= 11 is 9.45. The highest BCUT2D eigenvalue weighted by Gasteiger charge is 2.43. The summed E-state index contributed by atoms with van der Waals surface area (Å²) in [5.74, 6) is 0.765. The Morgan fingerprint density at radius 2 is 1.89 bits per heavy atom. The van der Waals surface area contributed by atoms with Crippen molar-refractivity contribution in [1.29, 1.82) is 0 Å². The van der Waals surface area contributed by atoms with Crippen LogP contribution in [0.15, 0.2) is 53.0 Å². The molecule has 3 rings (SSSR count). The van der Waals surface area contributed by atoms with Gasteiger partial charge in [0.05, 0.1) is 6.10 Å². The maximum absolute atomic E-state index is 10.5. The Hall–Kier alpha value is -0.830. The van der Waals surface area contributed by atoms with Crippen LogP contribution >= 0.6 is 27.5 Å². The fourth-order valence-corrected chi connectivity index (χ4v) is 3.53. The lowest BCUT2D eigenvalue weighted by atomic mass is 10.0. The van der Waals surface area contributed by atoms with Crippen LogP contribution < -0.4 is 0 Å². The Labute approximate surface area is 126 Å². The molecule has 3 heteroatoms. The number of rotatable bonds is 3. The Balaban J connectivity index is 1.78. The first-order valence-electron chi connectivity index (χ1n) is 6.34. The molecule has 1 aliphatic rings. The van der Waals surface area contributed by atoms with E-state index in [9.17, 15) is 5.11 Å². The second-order valence-corrected chi connectivity index (χ2v) is 6.42. The molecule has 0 heterocycles. The quantitative estimate of drug-likeness (QED) is 0.841. The largest absolute Gasteiger partial charge is 0.388 e. The zero-order valence-electron chi connectivity index (χ0n) is 10.3. The normalized spacial score (nSPS) is 23.1. The molecule has 19 heavy (non-hydrogen) atoms. The molecule has 2 aromatic carbocycles. The van der Waals surface area contributed by atoms with Crippen LogP contribution in [0.1, 0.15) is 29.6 Å². The van der Waals surface area contributed by atoms with Gasteiger partial charge >= 0.3 is 0 Å². The number of hydrogen-bond donors (Lipinski definition) is 1. The molecule has 0 radical (unpaired) electrons. The molecule has 1 N–H and O–H groups in total. The lowest BCUT2D eigenvalue weighted by Crippen LogP contribution is -2.01. The van der Waals surface area contributed by atoms with E-state index in [4.69, 9.17) is 11.6 Å². The average Bonchev–Trinajstić information content (AvgIpc) is 3.18. The van der Waals surface area contributed by atoms with Gasteiger partial charge in [0.2, 0.25) is 0 Å². The van der Waals surface area contributed by atoms with E-state index in [1.165, 1.54) is 5.56 Å². The molecule has 0 aliphatic heterocycles. The molecule has 3 unspecified atom stereocenters. The summed E-state index contributed by atoms with van der Waals surface area (Å²) in [5, 5.41) is 11.1. The van der Waals surface area contributed by atoms with Gasteiger partial charge in [-0.1, -0.05) is 57.9 Å². The van der Waals surface area contributed by atoms with E-state index in [0.29, 0.717) is 16.9 Å². The number of hydrogen-bond acceptors (Lipinski definition) is 1. The summed E-state index contributed by atoms with van der Waals surface area (Å²) < 4.78 is 0.908. The fourth-order valence-electron chi connectivity index (χ4n) is 2.64. The van der Waals surface area contributed by atoms with E-state index < -0.39 is 6.10 Å². The predicted molar refractivity (Wildman–Crippen MR) is 81.4 cm³/mol. The van der Waals surface area contributed by atoms with Crippen LogP contribution in [0.5, 0.6) is 0 Å². The molecule has 0 aromatic heterocycles. The van der Waals surface area contributed by atoms with Crippen molar-refractivity contribution in [2.45, 2.75) is 18.4 Å². The molecule has 0 bridgehead atoms. The molecular formula is C16H14BrClO. The maximum atomic E-state index is 10.5. The second kappa shape index (κ2) is 5.28. The van der Waals surface area contributed by atoms with E-state index in [0.717, 1.165) is 16.5 Å². The lowest BCUT2D eigenvalue weighted by molar-refractivity contribution is 0.151. The van der Waals surface area contributed by atoms with Gasteiger partial charge in [-0.15, -0.1) is 0 Å². The summed E-state index contributed by atoms with van der Waals surface area (Å²) in [7, 11) is 0. The molecule has 2 aromatic rings. The Morgan fingerprint density at radius 3 is 2.58 bits per heavy atom. The van der Waals surface area contributed by atoms with Crippen molar-refractivity contribution in [3.63, 3.8) is 0 Å². The number of halogens is 2. The SMILES string of the molecule is OC(c1cc(Cl)cc(Br)c1)C1CC1c1ccccc1. The van der Waals surface area contributed by atoms with Crippen molar-refractivity contribution in [3.8, 4) is 0 Å². The third kappa shape index (κ3) is 2.86. The van der Waals surface area contributed by atoms with Gasteiger partial charge in [0.1, 0.15) is 0 Å². The van der Waals surface area contributed by atoms with E-state index >= 15 is 0 Å². The van der Waals surface area contributed by atoms with Gasteiger partial charge in [0.25, 0.3) is 0 Å². The molecular weight excluding hydrogens is 324 g/mol. The summed E-state index contributed by atoms with van der Waals surface area (Å²) in [6.45, 7) is 0. The number of aliphatic hydroxyl groups is 1. The molecule has 1 saturated carbocycles. The average molecular weight is 338 g/mol. The van der Waals surface area contributed by atoms with Crippen LogP contribution in [0, 0.1) is 5.92 Å². The second-order valence-electron chi connectivity index (χ2n) is 5.06. The zero-order chi connectivity index (χ0) is 13.4. The van der Waals surface area contributed by atoms with Gasteiger partial charge in [-0.25, -0.2) is 0 Å². The summed E-state index contributed by atoms with van der Waals surface area (Å²) in [5.41, 5.74) is 2.20. The highest BCUT2D eigenvalue weighted by Crippen LogP contribution is 2.54. The summed E-state index contributed by atoms with van der Waals surface area (Å²) in [6.07, 6.45) is 0.593. The van der Waals surface area contributed by atoms with Crippen LogP contribution in [-0.4, -0.2) is 5.11 Å². The van der Waals surface area contributed by atoms with Gasteiger partial charge in [-0.2, -0.15) is 0 Å². The van der Waals surface area contributed by atoms with Crippen LogP contribution in [0.4, 0.5) is 0 Å². The molecule has 1 aliphatic carbocycles. The summed E-state index contributed by atoms with van der Waals surface area (Å²) in [4.78, 5) is 0. The van der Waals surface area contributed by atoms with E-state index in [-0.39, 0.29) is 0 Å². The Bertz CT molecular complexity index is 564. The van der Waals surface area contributed by atoms with Crippen molar-refractivity contribution in [2.75, 3.05) is 0 Å². The van der Waals surface area contributed by atoms with Gasteiger partial charge < -0.3 is 5.11 Å². The van der Waals surface area contributed by atoms with Gasteiger partial charge in [0, 0.05) is 9.50 Å². The minimum Gasteiger partial charge on any atom is -0.388 e. The molecule has 98 valence electrons. The van der Waals surface area contributed by atoms with E-state index in [2.05, 4.69) is 28.1 Å². The smallest absolute Gasteiger partial charge is 0.0825 e. The highest BCUT2D eigenvalue weighted by atomic mass is 79.9. The van der Waals surface area contributed by atoms with E-state index in [1.54, 1.807) is 0 Å². The van der Waals surface area contributed by atoms with Crippen molar-refractivity contribution in [2.24, 2.45) is 5.92 Å². The van der Waals surface area contributed by atoms with Gasteiger partial charge in [-0.05, 0) is 47.6 Å². The maximum Gasteiger partial charge on any atom is 0.0825 e. The Kier molecular flexibility index (Phi) is 3.66. The standard InChI is InChI=1S/C16H14BrClO/c17-12-6-11(7-13(18)8-12)16(19)15-9-14(15)10-4-2-1-3-5-10/h1-8,14-16,19H,9H2. The third-order valence-corrected chi connectivity index (χ3v) is 4.38. The topological polar surface area (TPSA) is 20.2 Å². The van der Waals surface area contributed by atoms with Crippen molar-refractivity contribution in [3.05, 3.63) is 69.2 Å². The first-order valence-corrected chi connectivity index (χ1v) is 7.51. The van der Waals surface area contributed by atoms with Gasteiger partial charge in [0.15, 0.2) is 0 Å². The van der Waals surface area contributed by atoms with Crippen molar-refractivity contribution >= 4 is 27.5 Å². The molecule has 3 atom stereocenters. The minimum atomic E-state index is -0.444. The molecule has 0 spiro atoms. The zero-order valence-corrected chi connectivity index (χ0v) is 12.6. The number of aliphatic hydroxyl groups excluding tert-OH is 1. The molecule has 1 fully saturated rings. The van der Waals surface area contributed by atoms with Crippen LogP contribution in [0.3, 0.4) is 0 Å². The van der Waals surface area contributed by atoms with Crippen molar-refractivity contribution < 1.29 is 5.11 Å². The van der Waals surface area contributed by atoms with Crippen LogP contribution in [0.2, 0.25) is 5.02 Å². The molecule has 1 nitrogen and oxygen atoms in total. The molecule has 0 saturated heterocycles. The summed E-state index contributed by atoms with van der Waals surface area (Å²) in [6, 6.07) is 16.0. The third-order valence-electron chi connectivity index (χ3n) is 3.70. The number of benzene rings is 2. The Morgan fingerprint density at radius 1 is 1.16 bits per heavy atom. The van der Waals surface area contributed by atoms with Gasteiger partial charge in [-0.3, -0.25) is 0 Å². The monoisotopic (exact) mass is 336 g/mol. The van der Waals surface area contributed by atoms with Crippen molar-refractivity contribution in [1.82, 2.24) is 0 Å². The first kappa shape index (κ1) is 13.2.